The molecule has 1 amide bonds. The van der Waals surface area contributed by atoms with E-state index in [1.165, 1.54) is 4.90 Å². The van der Waals surface area contributed by atoms with Gasteiger partial charge in [0.25, 0.3) is 5.91 Å². The Balaban J connectivity index is 2.60. The fraction of sp³-hybridized carbons (Fsp3) is 0.357. The molecule has 0 N–H and O–H groups in total. The van der Waals surface area contributed by atoms with E-state index in [4.69, 9.17) is 15.3 Å². The van der Waals surface area contributed by atoms with Crippen molar-refractivity contribution < 1.29 is 9.53 Å². The maximum absolute atomic E-state index is 12.1. The van der Waals surface area contributed by atoms with Gasteiger partial charge in [-0.2, -0.15) is 10.5 Å². The van der Waals surface area contributed by atoms with Gasteiger partial charge in [0, 0.05) is 17.6 Å². The van der Waals surface area contributed by atoms with Crippen LogP contribution in [0.3, 0.4) is 0 Å². The van der Waals surface area contributed by atoms with E-state index in [0.29, 0.717) is 18.8 Å². The molecule has 1 aromatic carbocycles. The third-order valence-corrected chi connectivity index (χ3v) is 3.70. The van der Waals surface area contributed by atoms with Crippen molar-refractivity contribution in [3.05, 3.63) is 27.1 Å². The van der Waals surface area contributed by atoms with Gasteiger partial charge in [0.05, 0.1) is 29.5 Å². The zero-order chi connectivity index (χ0) is 15.7. The Morgan fingerprint density at radius 1 is 1.19 bits per heavy atom. The molecule has 0 aliphatic rings. The zero-order valence-electron chi connectivity index (χ0n) is 11.2. The minimum absolute atomic E-state index is 0.128. The summed E-state index contributed by atoms with van der Waals surface area (Å²) < 4.78 is 7.11. The molecule has 0 spiro atoms. The standard InChI is InChI=1S/C14H13Br2N3O2/c15-11-3-4-13(12(16)9-11)21-10-14(20)19(7-1-5-17)8-2-6-18/h3-4,9H,1-2,7-8,10H2. The summed E-state index contributed by atoms with van der Waals surface area (Å²) in [5, 5.41) is 17.2. The van der Waals surface area contributed by atoms with Crippen LogP contribution in [-0.4, -0.2) is 30.5 Å². The van der Waals surface area contributed by atoms with E-state index in [9.17, 15) is 4.79 Å². The molecule has 1 rings (SSSR count). The van der Waals surface area contributed by atoms with Crippen molar-refractivity contribution in [2.45, 2.75) is 12.8 Å². The number of carbonyl (C=O) groups excluding carboxylic acids is 1. The van der Waals surface area contributed by atoms with Crippen LogP contribution < -0.4 is 4.74 Å². The van der Waals surface area contributed by atoms with Crippen LogP contribution in [0.15, 0.2) is 27.1 Å². The number of carbonyl (C=O) groups is 1. The van der Waals surface area contributed by atoms with Gasteiger partial charge in [-0.1, -0.05) is 15.9 Å². The summed E-state index contributed by atoms with van der Waals surface area (Å²) in [6, 6.07) is 9.36. The fourth-order valence-electron chi connectivity index (χ4n) is 1.55. The fourth-order valence-corrected chi connectivity index (χ4v) is 2.72. The normalized spacial score (nSPS) is 9.52. The van der Waals surface area contributed by atoms with Crippen LogP contribution in [0.5, 0.6) is 5.75 Å². The largest absolute Gasteiger partial charge is 0.483 e. The third-order valence-electron chi connectivity index (χ3n) is 2.58. The molecule has 0 radical (unpaired) electrons. The monoisotopic (exact) mass is 413 g/mol. The molecule has 0 bridgehead atoms. The van der Waals surface area contributed by atoms with Crippen molar-refractivity contribution in [2.75, 3.05) is 19.7 Å². The summed E-state index contributed by atoms with van der Waals surface area (Å²) in [5.74, 6) is 0.322. The van der Waals surface area contributed by atoms with Gasteiger partial charge in [0.15, 0.2) is 6.61 Å². The predicted octanol–water partition coefficient (Wildman–Crippen LogP) is 3.25. The average Bonchev–Trinajstić information content (AvgIpc) is 2.46. The number of hydrogen-bond donors (Lipinski definition) is 0. The number of benzene rings is 1. The Hall–Kier alpha value is -1.57. The van der Waals surface area contributed by atoms with E-state index in [-0.39, 0.29) is 25.4 Å². The summed E-state index contributed by atoms with van der Waals surface area (Å²) in [7, 11) is 0. The quantitative estimate of drug-likeness (QED) is 0.686. The molecule has 0 aliphatic heterocycles. The number of amides is 1. The predicted molar refractivity (Wildman–Crippen MR) is 84.4 cm³/mol. The van der Waals surface area contributed by atoms with Gasteiger partial charge in [-0.15, -0.1) is 0 Å². The van der Waals surface area contributed by atoms with Crippen molar-refractivity contribution in [1.82, 2.24) is 4.90 Å². The highest BCUT2D eigenvalue weighted by Gasteiger charge is 2.14. The molecule has 110 valence electrons. The van der Waals surface area contributed by atoms with E-state index < -0.39 is 0 Å². The average molecular weight is 415 g/mol. The summed E-state index contributed by atoms with van der Waals surface area (Å²) in [5.41, 5.74) is 0. The summed E-state index contributed by atoms with van der Waals surface area (Å²) in [4.78, 5) is 13.5. The molecule has 7 heteroatoms. The van der Waals surface area contributed by atoms with Crippen LogP contribution in [0, 0.1) is 22.7 Å². The highest BCUT2D eigenvalue weighted by Crippen LogP contribution is 2.28. The molecule has 0 aromatic heterocycles. The molecular formula is C14H13Br2N3O2. The lowest BCUT2D eigenvalue weighted by atomic mass is 10.3. The Morgan fingerprint density at radius 2 is 1.81 bits per heavy atom. The third kappa shape index (κ3) is 6.16. The molecule has 0 atom stereocenters. The van der Waals surface area contributed by atoms with Crippen LogP contribution >= 0.6 is 31.9 Å². The Morgan fingerprint density at radius 3 is 2.33 bits per heavy atom. The number of hydrogen-bond acceptors (Lipinski definition) is 4. The first-order valence-electron chi connectivity index (χ1n) is 6.18. The van der Waals surface area contributed by atoms with Crippen molar-refractivity contribution in [3.8, 4) is 17.9 Å². The van der Waals surface area contributed by atoms with E-state index in [1.807, 2.05) is 24.3 Å². The molecule has 0 fully saturated rings. The lowest BCUT2D eigenvalue weighted by Crippen LogP contribution is -2.36. The van der Waals surface area contributed by atoms with Crippen molar-refractivity contribution >= 4 is 37.8 Å². The van der Waals surface area contributed by atoms with E-state index in [2.05, 4.69) is 31.9 Å². The smallest absolute Gasteiger partial charge is 0.260 e. The number of rotatable bonds is 7. The lowest BCUT2D eigenvalue weighted by Gasteiger charge is -2.20. The minimum Gasteiger partial charge on any atom is -0.483 e. The molecule has 0 heterocycles. The first kappa shape index (κ1) is 17.5. The second kappa shape index (κ2) is 9.38. The maximum Gasteiger partial charge on any atom is 0.260 e. The molecule has 0 unspecified atom stereocenters. The van der Waals surface area contributed by atoms with Crippen LogP contribution in [0.4, 0.5) is 0 Å². The topological polar surface area (TPSA) is 77.1 Å². The number of halogens is 2. The van der Waals surface area contributed by atoms with E-state index in [0.717, 1.165) is 8.95 Å². The van der Waals surface area contributed by atoms with Gasteiger partial charge in [0.1, 0.15) is 5.75 Å². The van der Waals surface area contributed by atoms with Gasteiger partial charge in [0.2, 0.25) is 0 Å². The van der Waals surface area contributed by atoms with Crippen molar-refractivity contribution in [1.29, 1.82) is 10.5 Å². The van der Waals surface area contributed by atoms with Gasteiger partial charge in [-0.3, -0.25) is 4.79 Å². The lowest BCUT2D eigenvalue weighted by molar-refractivity contribution is -0.133. The van der Waals surface area contributed by atoms with Gasteiger partial charge < -0.3 is 9.64 Å². The molecule has 0 saturated carbocycles. The molecule has 1 aromatic rings. The van der Waals surface area contributed by atoms with Gasteiger partial charge in [-0.25, -0.2) is 0 Å². The Kier molecular flexibility index (Phi) is 7.81. The van der Waals surface area contributed by atoms with Crippen molar-refractivity contribution in [3.63, 3.8) is 0 Å². The maximum atomic E-state index is 12.1. The van der Waals surface area contributed by atoms with Crippen LogP contribution in [0.1, 0.15) is 12.8 Å². The summed E-state index contributed by atoms with van der Waals surface area (Å²) >= 11 is 6.69. The zero-order valence-corrected chi connectivity index (χ0v) is 14.4. The second-order valence-corrected chi connectivity index (χ2v) is 5.83. The minimum atomic E-state index is -0.240. The first-order chi connectivity index (χ1) is 10.1. The second-order valence-electron chi connectivity index (χ2n) is 4.06. The molecule has 21 heavy (non-hydrogen) atoms. The summed E-state index contributed by atoms with van der Waals surface area (Å²) in [6.45, 7) is 0.487. The highest BCUT2D eigenvalue weighted by atomic mass is 79.9. The van der Waals surface area contributed by atoms with E-state index >= 15 is 0 Å². The number of nitriles is 2. The summed E-state index contributed by atoms with van der Waals surface area (Å²) in [6.07, 6.45) is 0.471. The Labute approximate surface area is 140 Å². The first-order valence-corrected chi connectivity index (χ1v) is 7.76. The van der Waals surface area contributed by atoms with Crippen LogP contribution in [0.2, 0.25) is 0 Å². The van der Waals surface area contributed by atoms with Crippen LogP contribution in [-0.2, 0) is 4.79 Å². The van der Waals surface area contributed by atoms with Crippen LogP contribution in [0.25, 0.3) is 0 Å². The number of nitrogens with zero attached hydrogens (tertiary/aromatic N) is 3. The highest BCUT2D eigenvalue weighted by molar-refractivity contribution is 9.11. The molecule has 0 saturated heterocycles. The van der Waals surface area contributed by atoms with Crippen molar-refractivity contribution in [2.24, 2.45) is 0 Å². The number of ether oxygens (including phenoxy) is 1. The molecular weight excluding hydrogens is 402 g/mol. The van der Waals surface area contributed by atoms with Gasteiger partial charge in [-0.05, 0) is 34.1 Å². The molecule has 0 aliphatic carbocycles. The SMILES string of the molecule is N#CCCN(CCC#N)C(=O)COc1ccc(Br)cc1Br. The Bertz CT molecular complexity index is 561. The van der Waals surface area contributed by atoms with Gasteiger partial charge >= 0.3 is 0 Å². The molecule has 5 nitrogen and oxygen atoms in total. The van der Waals surface area contributed by atoms with E-state index in [1.54, 1.807) is 6.07 Å².